The van der Waals surface area contributed by atoms with Gasteiger partial charge in [-0.1, -0.05) is 30.3 Å². The van der Waals surface area contributed by atoms with Crippen LogP contribution in [0.5, 0.6) is 0 Å². The molecule has 0 saturated heterocycles. The maximum absolute atomic E-state index is 10.5. The lowest BCUT2D eigenvalue weighted by atomic mass is 9.82. The molecule has 1 fully saturated rings. The van der Waals surface area contributed by atoms with Crippen LogP contribution in [0, 0.1) is 18.8 Å². The Balaban J connectivity index is 1.56. The number of carboxylic acid groups (broad SMARTS) is 1. The molecule has 0 aliphatic heterocycles. The molecular formula is C20H25BrN2O3. The Labute approximate surface area is 162 Å². The van der Waals surface area contributed by atoms with E-state index in [0.717, 1.165) is 53.7 Å². The molecule has 1 aliphatic carbocycles. The van der Waals surface area contributed by atoms with E-state index in [1.54, 1.807) is 0 Å². The summed E-state index contributed by atoms with van der Waals surface area (Å²) in [6.07, 6.45) is 4.46. The monoisotopic (exact) mass is 420 g/mol. The average Bonchev–Trinajstić information content (AvgIpc) is 2.92. The summed E-state index contributed by atoms with van der Waals surface area (Å²) in [5, 5.41) is 13.5. The summed E-state index contributed by atoms with van der Waals surface area (Å²) in [6, 6.07) is 10.2. The second-order valence-electron chi connectivity index (χ2n) is 7.09. The van der Waals surface area contributed by atoms with E-state index in [0.29, 0.717) is 18.4 Å². The lowest BCUT2D eigenvalue weighted by Crippen LogP contribution is -2.23. The molecule has 3 rings (SSSR count). The average molecular weight is 421 g/mol. The van der Waals surface area contributed by atoms with Gasteiger partial charge in [0, 0.05) is 12.1 Å². The van der Waals surface area contributed by atoms with Crippen molar-refractivity contribution in [1.29, 1.82) is 0 Å². The molecule has 2 aromatic rings. The molecule has 1 aromatic carbocycles. The summed E-state index contributed by atoms with van der Waals surface area (Å²) in [4.78, 5) is 10.5. The largest absolute Gasteiger partial charge is 0.480 e. The fourth-order valence-electron chi connectivity index (χ4n) is 3.62. The topological polar surface area (TPSA) is 64.4 Å². The van der Waals surface area contributed by atoms with E-state index >= 15 is 0 Å². The SMILES string of the molecule is Cc1c(Br)c(-c2ccccc2)nn1C[C@H]1CC[C@@H](COCC(=O)O)CC1. The molecule has 1 aliphatic rings. The van der Waals surface area contributed by atoms with Crippen LogP contribution < -0.4 is 0 Å². The Morgan fingerprint density at radius 1 is 1.23 bits per heavy atom. The van der Waals surface area contributed by atoms with Crippen molar-refractivity contribution in [3.8, 4) is 11.3 Å². The van der Waals surface area contributed by atoms with Gasteiger partial charge in [-0.3, -0.25) is 4.68 Å². The van der Waals surface area contributed by atoms with Gasteiger partial charge in [-0.15, -0.1) is 0 Å². The van der Waals surface area contributed by atoms with E-state index < -0.39 is 5.97 Å². The maximum Gasteiger partial charge on any atom is 0.329 e. The van der Waals surface area contributed by atoms with Crippen molar-refractivity contribution in [1.82, 2.24) is 9.78 Å². The van der Waals surface area contributed by atoms with Crippen molar-refractivity contribution in [2.45, 2.75) is 39.2 Å². The molecule has 0 bridgehead atoms. The third-order valence-electron chi connectivity index (χ3n) is 5.16. The van der Waals surface area contributed by atoms with Crippen molar-refractivity contribution in [2.75, 3.05) is 13.2 Å². The highest BCUT2D eigenvalue weighted by molar-refractivity contribution is 9.10. The Kier molecular flexibility index (Phi) is 6.48. The standard InChI is InChI=1S/C20H25BrN2O3/c1-14-19(21)20(17-5-3-2-4-6-17)22-23(14)11-15-7-9-16(10-8-15)12-26-13-18(24)25/h2-6,15-16H,7-13H2,1H3,(H,24,25)/t15-,16+. The van der Waals surface area contributed by atoms with Crippen LogP contribution in [-0.4, -0.2) is 34.1 Å². The Morgan fingerprint density at radius 2 is 1.88 bits per heavy atom. The third kappa shape index (κ3) is 4.74. The van der Waals surface area contributed by atoms with Crippen molar-refractivity contribution in [3.63, 3.8) is 0 Å². The zero-order valence-corrected chi connectivity index (χ0v) is 16.6. The quantitative estimate of drug-likeness (QED) is 0.714. The van der Waals surface area contributed by atoms with E-state index in [-0.39, 0.29) is 6.61 Å². The summed E-state index contributed by atoms with van der Waals surface area (Å²) in [6.45, 7) is 3.40. The summed E-state index contributed by atoms with van der Waals surface area (Å²) in [5.74, 6) is 0.198. The molecule has 1 saturated carbocycles. The molecule has 1 N–H and O–H groups in total. The van der Waals surface area contributed by atoms with Crippen molar-refractivity contribution >= 4 is 21.9 Å². The normalized spacial score (nSPS) is 20.2. The van der Waals surface area contributed by atoms with Crippen LogP contribution in [-0.2, 0) is 16.1 Å². The first-order valence-corrected chi connectivity index (χ1v) is 9.91. The number of aromatic nitrogens is 2. The lowest BCUT2D eigenvalue weighted by Gasteiger charge is -2.28. The number of halogens is 1. The molecule has 140 valence electrons. The Morgan fingerprint density at radius 3 is 2.54 bits per heavy atom. The fraction of sp³-hybridized carbons (Fsp3) is 0.500. The highest BCUT2D eigenvalue weighted by atomic mass is 79.9. The van der Waals surface area contributed by atoms with Gasteiger partial charge in [-0.2, -0.15) is 5.10 Å². The summed E-state index contributed by atoms with van der Waals surface area (Å²) in [5.41, 5.74) is 3.29. The molecule has 1 aromatic heterocycles. The minimum absolute atomic E-state index is 0.192. The van der Waals surface area contributed by atoms with Crippen LogP contribution in [0.4, 0.5) is 0 Å². The van der Waals surface area contributed by atoms with Gasteiger partial charge in [-0.25, -0.2) is 4.79 Å². The molecule has 26 heavy (non-hydrogen) atoms. The smallest absolute Gasteiger partial charge is 0.329 e. The fourth-order valence-corrected chi connectivity index (χ4v) is 4.13. The van der Waals surface area contributed by atoms with Crippen LogP contribution in [0.3, 0.4) is 0 Å². The van der Waals surface area contributed by atoms with Crippen LogP contribution in [0.15, 0.2) is 34.8 Å². The minimum atomic E-state index is -0.896. The Bertz CT molecular complexity index is 737. The van der Waals surface area contributed by atoms with E-state index in [9.17, 15) is 4.79 Å². The predicted molar refractivity (Wildman–Crippen MR) is 104 cm³/mol. The molecule has 0 amide bonds. The van der Waals surface area contributed by atoms with Gasteiger partial charge in [0.1, 0.15) is 12.3 Å². The van der Waals surface area contributed by atoms with Gasteiger partial charge >= 0.3 is 5.97 Å². The minimum Gasteiger partial charge on any atom is -0.480 e. The lowest BCUT2D eigenvalue weighted by molar-refractivity contribution is -0.142. The number of nitrogens with zero attached hydrogens (tertiary/aromatic N) is 2. The molecule has 1 heterocycles. The number of ether oxygens (including phenoxy) is 1. The first-order valence-electron chi connectivity index (χ1n) is 9.12. The van der Waals surface area contributed by atoms with Gasteiger partial charge in [0.15, 0.2) is 0 Å². The highest BCUT2D eigenvalue weighted by Gasteiger charge is 2.23. The highest BCUT2D eigenvalue weighted by Crippen LogP contribution is 2.33. The Hall–Kier alpha value is -1.66. The van der Waals surface area contributed by atoms with E-state index in [1.165, 1.54) is 0 Å². The molecule has 0 spiro atoms. The zero-order chi connectivity index (χ0) is 18.5. The predicted octanol–water partition coefficient (Wildman–Crippen LogP) is 4.53. The summed E-state index contributed by atoms with van der Waals surface area (Å²) in [7, 11) is 0. The van der Waals surface area contributed by atoms with Gasteiger partial charge in [0.2, 0.25) is 0 Å². The second kappa shape index (κ2) is 8.82. The van der Waals surface area contributed by atoms with Gasteiger partial charge in [-0.05, 0) is 60.4 Å². The molecule has 0 radical (unpaired) electrons. The number of carbonyl (C=O) groups is 1. The van der Waals surface area contributed by atoms with Gasteiger partial charge in [0.05, 0.1) is 16.8 Å². The number of rotatable bonds is 7. The first kappa shape index (κ1) is 19.1. The number of hydrogen-bond acceptors (Lipinski definition) is 3. The number of benzene rings is 1. The molecule has 0 unspecified atom stereocenters. The van der Waals surface area contributed by atoms with Crippen LogP contribution in [0.25, 0.3) is 11.3 Å². The molecule has 5 nitrogen and oxygen atoms in total. The van der Waals surface area contributed by atoms with Crippen molar-refractivity contribution in [2.24, 2.45) is 11.8 Å². The molecule has 6 heteroatoms. The summed E-state index contributed by atoms with van der Waals surface area (Å²) >= 11 is 3.70. The van der Waals surface area contributed by atoms with Gasteiger partial charge in [0.25, 0.3) is 0 Å². The number of hydrogen-bond donors (Lipinski definition) is 1. The van der Waals surface area contributed by atoms with E-state index in [2.05, 4.69) is 39.7 Å². The van der Waals surface area contributed by atoms with E-state index in [4.69, 9.17) is 14.9 Å². The number of carboxylic acids is 1. The van der Waals surface area contributed by atoms with Crippen LogP contribution in [0.2, 0.25) is 0 Å². The van der Waals surface area contributed by atoms with Gasteiger partial charge < -0.3 is 9.84 Å². The molecule has 0 atom stereocenters. The van der Waals surface area contributed by atoms with Crippen LogP contribution in [0.1, 0.15) is 31.4 Å². The van der Waals surface area contributed by atoms with Crippen LogP contribution >= 0.6 is 15.9 Å². The molecular weight excluding hydrogens is 396 g/mol. The van der Waals surface area contributed by atoms with E-state index in [1.807, 2.05) is 18.2 Å². The summed E-state index contributed by atoms with van der Waals surface area (Å²) < 4.78 is 8.44. The third-order valence-corrected chi connectivity index (χ3v) is 6.11. The van der Waals surface area contributed by atoms with Crippen molar-refractivity contribution in [3.05, 3.63) is 40.5 Å². The second-order valence-corrected chi connectivity index (χ2v) is 7.88. The maximum atomic E-state index is 10.5. The van der Waals surface area contributed by atoms with Crippen molar-refractivity contribution < 1.29 is 14.6 Å². The zero-order valence-electron chi connectivity index (χ0n) is 15.0. The first-order chi connectivity index (χ1) is 12.5. The number of aliphatic carboxylic acids is 1.